The van der Waals surface area contributed by atoms with E-state index in [4.69, 9.17) is 14.7 Å². The number of rotatable bonds is 1. The van der Waals surface area contributed by atoms with Gasteiger partial charge in [-0.3, -0.25) is 4.99 Å². The number of hydrogen-bond acceptors (Lipinski definition) is 5. The number of amides is 1. The first kappa shape index (κ1) is 21.9. The van der Waals surface area contributed by atoms with Gasteiger partial charge in [0.05, 0.1) is 5.71 Å². The third kappa shape index (κ3) is 5.03. The van der Waals surface area contributed by atoms with E-state index in [1.54, 1.807) is 16.7 Å². The predicted octanol–water partition coefficient (Wildman–Crippen LogP) is 5.28. The second kappa shape index (κ2) is 7.78. The van der Waals surface area contributed by atoms with Crippen molar-refractivity contribution in [3.05, 3.63) is 35.4 Å². The quantitative estimate of drug-likeness (QED) is 0.627. The fourth-order valence-electron chi connectivity index (χ4n) is 3.58. The number of ether oxygens (including phenoxy) is 1. The molecule has 0 unspecified atom stereocenters. The summed E-state index contributed by atoms with van der Waals surface area (Å²) in [5, 5.41) is 0.985. The van der Waals surface area contributed by atoms with E-state index in [1.807, 2.05) is 27.0 Å². The van der Waals surface area contributed by atoms with Crippen LogP contribution in [0.3, 0.4) is 0 Å². The third-order valence-corrected chi connectivity index (χ3v) is 5.94. The Bertz CT molecular complexity index is 821. The van der Waals surface area contributed by atoms with E-state index >= 15 is 0 Å². The summed E-state index contributed by atoms with van der Waals surface area (Å²) in [5.41, 5.74) is 2.59. The molecule has 2 heterocycles. The van der Waals surface area contributed by atoms with Gasteiger partial charge in [0.25, 0.3) is 0 Å². The Morgan fingerprint density at radius 3 is 2.10 bits per heavy atom. The number of piperidine rings is 1. The summed E-state index contributed by atoms with van der Waals surface area (Å²) in [5.74, 6) is 0. The van der Waals surface area contributed by atoms with Crippen LogP contribution in [0.1, 0.15) is 65.5 Å². The zero-order valence-electron chi connectivity index (χ0n) is 18.7. The molecule has 1 amide bonds. The Morgan fingerprint density at radius 1 is 1.03 bits per heavy atom. The molecule has 0 radical (unpaired) electrons. The molecular formula is C23H33N3O2S. The highest BCUT2D eigenvalue weighted by molar-refractivity contribution is 8.15. The zero-order chi connectivity index (χ0) is 21.4. The van der Waals surface area contributed by atoms with Gasteiger partial charge in [-0.2, -0.15) is 0 Å². The Labute approximate surface area is 179 Å². The molecule has 1 aromatic rings. The maximum Gasteiger partial charge on any atom is 0.410 e. The SMILES string of the molecule is CSC1=NC2(CCN(C(=O)OC(C)(C)C)CC2)N=C1c1ccc(C(C)(C)C)cc1. The number of carbonyl (C=O) groups excluding carboxylic acids is 1. The van der Waals surface area contributed by atoms with Crippen LogP contribution in [0.15, 0.2) is 34.3 Å². The zero-order valence-corrected chi connectivity index (χ0v) is 19.5. The molecule has 2 aliphatic rings. The number of benzene rings is 1. The minimum Gasteiger partial charge on any atom is -0.444 e. The van der Waals surface area contributed by atoms with Gasteiger partial charge in [-0.15, -0.1) is 11.8 Å². The van der Waals surface area contributed by atoms with Crippen LogP contribution in [0.5, 0.6) is 0 Å². The largest absolute Gasteiger partial charge is 0.444 e. The molecule has 0 aromatic heterocycles. The first-order valence-electron chi connectivity index (χ1n) is 10.3. The van der Waals surface area contributed by atoms with Crippen LogP contribution in [-0.2, 0) is 10.2 Å². The topological polar surface area (TPSA) is 54.3 Å². The number of likely N-dealkylation sites (tertiary alicyclic amines) is 1. The van der Waals surface area contributed by atoms with Gasteiger partial charge in [-0.25, -0.2) is 9.79 Å². The van der Waals surface area contributed by atoms with Gasteiger partial charge < -0.3 is 9.64 Å². The lowest BCUT2D eigenvalue weighted by atomic mass is 9.86. The monoisotopic (exact) mass is 415 g/mol. The summed E-state index contributed by atoms with van der Waals surface area (Å²) in [4.78, 5) is 24.2. The second-order valence-corrected chi connectivity index (χ2v) is 10.7. The van der Waals surface area contributed by atoms with Gasteiger partial charge in [0, 0.05) is 31.5 Å². The Balaban J connectivity index is 1.76. The minimum absolute atomic E-state index is 0.127. The highest BCUT2D eigenvalue weighted by atomic mass is 32.2. The first-order chi connectivity index (χ1) is 13.4. The van der Waals surface area contributed by atoms with Crippen LogP contribution in [0.4, 0.5) is 4.79 Å². The molecule has 158 valence electrons. The van der Waals surface area contributed by atoms with E-state index < -0.39 is 11.3 Å². The van der Waals surface area contributed by atoms with E-state index in [9.17, 15) is 4.79 Å². The van der Waals surface area contributed by atoms with Crippen molar-refractivity contribution in [1.29, 1.82) is 0 Å². The smallest absolute Gasteiger partial charge is 0.410 e. The summed E-state index contributed by atoms with van der Waals surface area (Å²) in [6, 6.07) is 8.68. The molecule has 1 spiro atoms. The molecule has 0 bridgehead atoms. The van der Waals surface area contributed by atoms with Crippen LogP contribution in [0.2, 0.25) is 0 Å². The fourth-order valence-corrected chi connectivity index (χ4v) is 4.20. The molecule has 1 fully saturated rings. The molecule has 0 aliphatic carbocycles. The molecule has 1 aromatic carbocycles. The van der Waals surface area contributed by atoms with Crippen LogP contribution in [-0.4, -0.2) is 52.4 Å². The van der Waals surface area contributed by atoms with Crippen LogP contribution in [0, 0.1) is 0 Å². The first-order valence-corrected chi connectivity index (χ1v) is 11.5. The molecule has 6 heteroatoms. The van der Waals surface area contributed by atoms with E-state index in [1.165, 1.54) is 5.56 Å². The highest BCUT2D eigenvalue weighted by Crippen LogP contribution is 2.36. The van der Waals surface area contributed by atoms with E-state index in [0.29, 0.717) is 13.1 Å². The maximum absolute atomic E-state index is 12.4. The van der Waals surface area contributed by atoms with Crippen molar-refractivity contribution in [3.8, 4) is 0 Å². The highest BCUT2D eigenvalue weighted by Gasteiger charge is 2.41. The summed E-state index contributed by atoms with van der Waals surface area (Å²) in [7, 11) is 0. The molecule has 0 saturated carbocycles. The van der Waals surface area contributed by atoms with Crippen molar-refractivity contribution in [1.82, 2.24) is 4.90 Å². The minimum atomic E-state index is -0.478. The van der Waals surface area contributed by atoms with Gasteiger partial charge in [0.1, 0.15) is 10.6 Å². The standard InChI is InChI=1S/C23H33N3O2S/c1-21(2,3)17-10-8-16(9-11-17)18-19(29-7)25-23(24-18)12-14-26(15-13-23)20(27)28-22(4,5)6/h8-11H,12-15H2,1-7H3. The number of hydrogen-bond donors (Lipinski definition) is 0. The second-order valence-electron chi connectivity index (χ2n) is 9.86. The molecular weight excluding hydrogens is 382 g/mol. The lowest BCUT2D eigenvalue weighted by molar-refractivity contribution is 0.0175. The van der Waals surface area contributed by atoms with E-state index in [0.717, 1.165) is 29.2 Å². The lowest BCUT2D eigenvalue weighted by Gasteiger charge is -2.36. The van der Waals surface area contributed by atoms with Gasteiger partial charge in [-0.05, 0) is 38.0 Å². The van der Waals surface area contributed by atoms with E-state index in [-0.39, 0.29) is 11.5 Å². The summed E-state index contributed by atoms with van der Waals surface area (Å²) < 4.78 is 5.51. The van der Waals surface area contributed by atoms with Crippen LogP contribution >= 0.6 is 11.8 Å². The predicted molar refractivity (Wildman–Crippen MR) is 122 cm³/mol. The number of nitrogens with zero attached hydrogens (tertiary/aromatic N) is 3. The number of thioether (sulfide) groups is 1. The molecule has 1 saturated heterocycles. The summed E-state index contributed by atoms with van der Waals surface area (Å²) >= 11 is 1.64. The lowest BCUT2D eigenvalue weighted by Crippen LogP contribution is -2.46. The summed E-state index contributed by atoms with van der Waals surface area (Å²) in [6.07, 6.45) is 3.24. The molecule has 5 nitrogen and oxygen atoms in total. The number of carbonyl (C=O) groups is 1. The average Bonchev–Trinajstić information content (AvgIpc) is 2.98. The summed E-state index contributed by atoms with van der Waals surface area (Å²) in [6.45, 7) is 13.6. The Hall–Kier alpha value is -1.82. The fraction of sp³-hybridized carbons (Fsp3) is 0.609. The molecule has 0 N–H and O–H groups in total. The average molecular weight is 416 g/mol. The van der Waals surface area contributed by atoms with Crippen molar-refractivity contribution in [3.63, 3.8) is 0 Å². The Morgan fingerprint density at radius 2 is 1.62 bits per heavy atom. The van der Waals surface area contributed by atoms with Crippen molar-refractivity contribution in [2.45, 2.75) is 71.1 Å². The van der Waals surface area contributed by atoms with Gasteiger partial charge in [-0.1, -0.05) is 45.0 Å². The van der Waals surface area contributed by atoms with Crippen LogP contribution < -0.4 is 0 Å². The van der Waals surface area contributed by atoms with Gasteiger partial charge >= 0.3 is 6.09 Å². The van der Waals surface area contributed by atoms with Crippen LogP contribution in [0.25, 0.3) is 0 Å². The van der Waals surface area contributed by atoms with Gasteiger partial charge in [0.2, 0.25) is 0 Å². The van der Waals surface area contributed by atoms with Gasteiger partial charge in [0.15, 0.2) is 5.66 Å². The molecule has 2 aliphatic heterocycles. The van der Waals surface area contributed by atoms with E-state index in [2.05, 4.69) is 45.0 Å². The molecule has 3 rings (SSSR count). The maximum atomic E-state index is 12.4. The number of aliphatic imine (C=N–C) groups is 2. The van der Waals surface area contributed by atoms with Crippen molar-refractivity contribution in [2.75, 3.05) is 19.3 Å². The van der Waals surface area contributed by atoms with Crippen molar-refractivity contribution in [2.24, 2.45) is 9.98 Å². The van der Waals surface area contributed by atoms with Crippen molar-refractivity contribution < 1.29 is 9.53 Å². The third-order valence-electron chi connectivity index (χ3n) is 5.27. The van der Waals surface area contributed by atoms with Crippen molar-refractivity contribution >= 4 is 28.6 Å². The molecule has 29 heavy (non-hydrogen) atoms. The Kier molecular flexibility index (Phi) is 5.87. The molecule has 0 atom stereocenters. The normalized spacial score (nSPS) is 19.2.